The van der Waals surface area contributed by atoms with Crippen molar-refractivity contribution < 1.29 is 8.42 Å². The smallest absolute Gasteiger partial charge is 0.226 e. The molecule has 0 radical (unpaired) electrons. The van der Waals surface area contributed by atoms with E-state index >= 15 is 0 Å². The van der Waals surface area contributed by atoms with Crippen molar-refractivity contribution in [3.8, 4) is 0 Å². The second-order valence-corrected chi connectivity index (χ2v) is 6.18. The summed E-state index contributed by atoms with van der Waals surface area (Å²) in [4.78, 5) is 7.99. The molecule has 0 aliphatic carbocycles. The summed E-state index contributed by atoms with van der Waals surface area (Å²) < 4.78 is 24.4. The summed E-state index contributed by atoms with van der Waals surface area (Å²) in [6.07, 6.45) is 0. The Balaban J connectivity index is 2.00. The van der Waals surface area contributed by atoms with Crippen LogP contribution in [0.25, 0.3) is 11.0 Å². The molecule has 0 aliphatic rings. The minimum Gasteiger partial charge on any atom is -0.399 e. The van der Waals surface area contributed by atoms with Crippen molar-refractivity contribution in [3.63, 3.8) is 0 Å². The van der Waals surface area contributed by atoms with E-state index in [-0.39, 0.29) is 16.7 Å². The molecule has 3 aromatic rings. The molecule has 10 heteroatoms. The summed E-state index contributed by atoms with van der Waals surface area (Å²) >= 11 is 0. The minimum atomic E-state index is -3.66. The van der Waals surface area contributed by atoms with Gasteiger partial charge in [0.1, 0.15) is 5.75 Å². The zero-order valence-corrected chi connectivity index (χ0v) is 11.3. The van der Waals surface area contributed by atoms with Crippen LogP contribution in [0.4, 0.5) is 5.69 Å². The Kier molecular flexibility index (Phi) is 2.67. The van der Waals surface area contributed by atoms with Crippen LogP contribution in [0.5, 0.6) is 0 Å². The lowest BCUT2D eigenvalue weighted by atomic mass is 10.3. The molecular formula is C10H11N7O2S. The molecule has 0 saturated heterocycles. The number of imidazole rings is 1. The van der Waals surface area contributed by atoms with E-state index in [9.17, 15) is 8.42 Å². The predicted octanol–water partition coefficient (Wildman–Crippen LogP) is -0.358. The number of sulfone groups is 1. The average molecular weight is 293 g/mol. The molecule has 0 fully saturated rings. The lowest BCUT2D eigenvalue weighted by Crippen LogP contribution is -2.08. The number of aromatic nitrogens is 6. The second-order valence-electron chi connectivity index (χ2n) is 4.27. The summed E-state index contributed by atoms with van der Waals surface area (Å²) in [6.45, 7) is 0. The fraction of sp³-hybridized carbons (Fsp3) is 0.200. The van der Waals surface area contributed by atoms with Crippen LogP contribution in [0.1, 0.15) is 5.82 Å². The van der Waals surface area contributed by atoms with Crippen molar-refractivity contribution in [1.82, 2.24) is 30.2 Å². The minimum absolute atomic E-state index is 0.118. The van der Waals surface area contributed by atoms with Gasteiger partial charge in [-0.15, -0.1) is 10.2 Å². The summed E-state index contributed by atoms with van der Waals surface area (Å²) in [5, 5.41) is 11.0. The van der Waals surface area contributed by atoms with Crippen LogP contribution in [0.15, 0.2) is 23.4 Å². The van der Waals surface area contributed by atoms with Crippen molar-refractivity contribution in [3.05, 3.63) is 24.0 Å². The van der Waals surface area contributed by atoms with Crippen LogP contribution in [-0.4, -0.2) is 38.6 Å². The molecule has 3 N–H and O–H groups in total. The number of nitrogens with zero attached hydrogens (tertiary/aromatic N) is 5. The predicted molar refractivity (Wildman–Crippen MR) is 70.2 cm³/mol. The number of tetrazole rings is 1. The molecule has 0 spiro atoms. The third-order valence-corrected chi connectivity index (χ3v) is 4.07. The molecule has 104 valence electrons. The Hall–Kier alpha value is -2.49. The van der Waals surface area contributed by atoms with Crippen LogP contribution < -0.4 is 5.73 Å². The summed E-state index contributed by atoms with van der Waals surface area (Å²) in [7, 11) is -2.10. The highest BCUT2D eigenvalue weighted by Gasteiger charge is 2.22. The first-order valence-electron chi connectivity index (χ1n) is 5.65. The van der Waals surface area contributed by atoms with Gasteiger partial charge in [0.15, 0.2) is 5.82 Å². The van der Waals surface area contributed by atoms with Crippen LogP contribution in [0.3, 0.4) is 0 Å². The van der Waals surface area contributed by atoms with Gasteiger partial charge in [-0.05, 0) is 23.4 Å². The number of H-pyrrole nitrogens is 1. The molecule has 20 heavy (non-hydrogen) atoms. The van der Waals surface area contributed by atoms with Gasteiger partial charge in [0.05, 0.1) is 18.1 Å². The lowest BCUT2D eigenvalue weighted by Gasteiger charge is -1.95. The van der Waals surface area contributed by atoms with Crippen molar-refractivity contribution in [2.45, 2.75) is 10.9 Å². The van der Waals surface area contributed by atoms with Crippen molar-refractivity contribution in [1.29, 1.82) is 0 Å². The third-order valence-electron chi connectivity index (χ3n) is 2.65. The topological polar surface area (TPSA) is 132 Å². The van der Waals surface area contributed by atoms with Crippen molar-refractivity contribution in [2.24, 2.45) is 7.05 Å². The van der Waals surface area contributed by atoms with Gasteiger partial charge in [0.25, 0.3) is 0 Å². The van der Waals surface area contributed by atoms with E-state index in [0.29, 0.717) is 16.7 Å². The highest BCUT2D eigenvalue weighted by molar-refractivity contribution is 7.90. The van der Waals surface area contributed by atoms with Crippen molar-refractivity contribution >= 4 is 26.6 Å². The normalized spacial score (nSPS) is 12.1. The quantitative estimate of drug-likeness (QED) is 0.630. The molecular weight excluding hydrogens is 282 g/mol. The van der Waals surface area contributed by atoms with Gasteiger partial charge in [-0.2, -0.15) is 4.80 Å². The Morgan fingerprint density at radius 2 is 2.20 bits per heavy atom. The first-order valence-corrected chi connectivity index (χ1v) is 7.30. The van der Waals surface area contributed by atoms with E-state index in [2.05, 4.69) is 25.4 Å². The zero-order chi connectivity index (χ0) is 14.3. The number of nitrogens with two attached hydrogens (primary N) is 1. The molecule has 0 aliphatic heterocycles. The van der Waals surface area contributed by atoms with Crippen LogP contribution in [0.2, 0.25) is 0 Å². The van der Waals surface area contributed by atoms with Crippen LogP contribution >= 0.6 is 0 Å². The molecule has 3 rings (SSSR count). The van der Waals surface area contributed by atoms with Gasteiger partial charge >= 0.3 is 0 Å². The van der Waals surface area contributed by atoms with Gasteiger partial charge < -0.3 is 10.7 Å². The number of benzene rings is 1. The lowest BCUT2D eigenvalue weighted by molar-refractivity contribution is 0.586. The number of nitrogen functional groups attached to an aromatic ring is 1. The van der Waals surface area contributed by atoms with Crippen LogP contribution in [-0.2, 0) is 22.6 Å². The highest BCUT2D eigenvalue weighted by atomic mass is 32.2. The maximum atomic E-state index is 12.2. The number of hydrogen-bond donors (Lipinski definition) is 2. The zero-order valence-electron chi connectivity index (χ0n) is 10.5. The molecule has 0 bridgehead atoms. The average Bonchev–Trinajstić information content (AvgIpc) is 2.95. The Labute approximate surface area is 113 Å². The van der Waals surface area contributed by atoms with Crippen LogP contribution in [0, 0.1) is 0 Å². The molecule has 0 atom stereocenters. The number of hydrogen-bond acceptors (Lipinski definition) is 7. The summed E-state index contributed by atoms with van der Waals surface area (Å²) in [5.74, 6) is -0.247. The molecule has 2 aromatic heterocycles. The fourth-order valence-electron chi connectivity index (χ4n) is 1.77. The van der Waals surface area contributed by atoms with E-state index in [1.54, 1.807) is 25.2 Å². The monoisotopic (exact) mass is 293 g/mol. The molecule has 2 heterocycles. The number of anilines is 1. The largest absolute Gasteiger partial charge is 0.399 e. The number of aromatic amines is 1. The second kappa shape index (κ2) is 4.27. The number of rotatable bonds is 3. The van der Waals surface area contributed by atoms with Gasteiger partial charge in [-0.3, -0.25) is 0 Å². The fourth-order valence-corrected chi connectivity index (χ4v) is 2.87. The third kappa shape index (κ3) is 2.20. The van der Waals surface area contributed by atoms with E-state index < -0.39 is 9.84 Å². The van der Waals surface area contributed by atoms with Gasteiger partial charge in [0.2, 0.25) is 15.0 Å². The molecule has 0 saturated carbocycles. The maximum absolute atomic E-state index is 12.2. The van der Waals surface area contributed by atoms with E-state index in [4.69, 9.17) is 5.73 Å². The Morgan fingerprint density at radius 3 is 2.90 bits per heavy atom. The molecule has 0 unspecified atom stereocenters. The van der Waals surface area contributed by atoms with E-state index in [1.807, 2.05) is 0 Å². The molecule has 0 amide bonds. The van der Waals surface area contributed by atoms with E-state index in [0.717, 1.165) is 0 Å². The van der Waals surface area contributed by atoms with Gasteiger partial charge in [-0.25, -0.2) is 13.4 Å². The van der Waals surface area contributed by atoms with Gasteiger partial charge in [-0.1, -0.05) is 0 Å². The summed E-state index contributed by atoms with van der Waals surface area (Å²) in [5.41, 5.74) is 7.27. The Bertz CT molecular complexity index is 880. The van der Waals surface area contributed by atoms with Crippen molar-refractivity contribution in [2.75, 3.05) is 5.73 Å². The highest BCUT2D eigenvalue weighted by Crippen LogP contribution is 2.19. The number of fused-ring (bicyclic) bond motifs is 1. The maximum Gasteiger partial charge on any atom is 0.226 e. The Morgan fingerprint density at radius 1 is 1.40 bits per heavy atom. The summed E-state index contributed by atoms with van der Waals surface area (Å²) in [6, 6.07) is 4.94. The van der Waals surface area contributed by atoms with Gasteiger partial charge in [0, 0.05) is 5.69 Å². The standard InChI is InChI=1S/C10H11N7O2S/c1-17-15-9(14-16-17)5-20(18,19)10-12-7-3-2-6(11)4-8(7)13-10/h2-4H,5,11H2,1H3,(H,12,13). The molecule has 1 aromatic carbocycles. The number of aryl methyl sites for hydroxylation is 1. The number of nitrogens with one attached hydrogen (secondary N) is 1. The molecule has 9 nitrogen and oxygen atoms in total. The first-order chi connectivity index (χ1) is 9.44. The first kappa shape index (κ1) is 12.5. The van der Waals surface area contributed by atoms with E-state index in [1.165, 1.54) is 4.80 Å². The SMILES string of the molecule is Cn1nnc(CS(=O)(=O)c2nc3ccc(N)cc3[nH]2)n1.